The zero-order chi connectivity index (χ0) is 10.1. The van der Waals surface area contributed by atoms with Gasteiger partial charge in [-0.05, 0) is 26.2 Å². The van der Waals surface area contributed by atoms with E-state index in [-0.39, 0.29) is 0 Å². The van der Waals surface area contributed by atoms with Crippen LogP contribution >= 0.6 is 0 Å². The highest BCUT2D eigenvalue weighted by Gasteiger charge is 2.09. The summed E-state index contributed by atoms with van der Waals surface area (Å²) in [5.74, 6) is -0.897. The summed E-state index contributed by atoms with van der Waals surface area (Å²) in [6.45, 7) is 5.70. The summed E-state index contributed by atoms with van der Waals surface area (Å²) in [5, 5.41) is 8.48. The molecule has 3 nitrogen and oxygen atoms in total. The van der Waals surface area contributed by atoms with Crippen molar-refractivity contribution in [2.75, 3.05) is 6.61 Å². The van der Waals surface area contributed by atoms with Gasteiger partial charge in [0.2, 0.25) is 0 Å². The normalized spacial score (nSPS) is 12.4. The van der Waals surface area contributed by atoms with Crippen LogP contribution in [0.5, 0.6) is 0 Å². The second kappa shape index (κ2) is 7.80. The van der Waals surface area contributed by atoms with Gasteiger partial charge in [-0.15, -0.1) is 6.58 Å². The van der Waals surface area contributed by atoms with Gasteiger partial charge in [0.15, 0.2) is 6.10 Å². The van der Waals surface area contributed by atoms with Crippen molar-refractivity contribution >= 4 is 5.97 Å². The highest BCUT2D eigenvalue weighted by molar-refractivity contribution is 5.71. The third-order valence-electron chi connectivity index (χ3n) is 1.77. The van der Waals surface area contributed by atoms with Crippen molar-refractivity contribution in [3.63, 3.8) is 0 Å². The number of allylic oxidation sites excluding steroid dienone is 1. The molecule has 0 saturated heterocycles. The van der Waals surface area contributed by atoms with Crippen LogP contribution in [0.15, 0.2) is 12.7 Å². The van der Waals surface area contributed by atoms with E-state index in [1.165, 1.54) is 0 Å². The summed E-state index contributed by atoms with van der Waals surface area (Å²) in [6, 6.07) is 0. The Labute approximate surface area is 79.4 Å². The second-order valence-electron chi connectivity index (χ2n) is 2.99. The molecule has 0 aliphatic rings. The molecular formula is C10H18O3. The molecule has 76 valence electrons. The number of unbranched alkanes of at least 4 members (excludes halogenated alkanes) is 3. The minimum absolute atomic E-state index is 0.532. The lowest BCUT2D eigenvalue weighted by atomic mass is 10.2. The van der Waals surface area contributed by atoms with Gasteiger partial charge in [-0.3, -0.25) is 0 Å². The minimum Gasteiger partial charge on any atom is -0.479 e. The van der Waals surface area contributed by atoms with Gasteiger partial charge in [0.1, 0.15) is 0 Å². The lowest BCUT2D eigenvalue weighted by Crippen LogP contribution is -2.20. The Morgan fingerprint density at radius 3 is 2.77 bits per heavy atom. The number of carboxylic acid groups (broad SMARTS) is 1. The molecule has 0 radical (unpaired) electrons. The van der Waals surface area contributed by atoms with Gasteiger partial charge in [-0.25, -0.2) is 4.79 Å². The molecule has 0 aliphatic heterocycles. The molecule has 0 rings (SSSR count). The molecule has 0 unspecified atom stereocenters. The Morgan fingerprint density at radius 2 is 2.23 bits per heavy atom. The largest absolute Gasteiger partial charge is 0.479 e. The number of hydrogen-bond acceptors (Lipinski definition) is 2. The molecule has 0 spiro atoms. The predicted molar refractivity (Wildman–Crippen MR) is 51.7 cm³/mol. The molecule has 3 heteroatoms. The molecule has 1 N–H and O–H groups in total. The van der Waals surface area contributed by atoms with Crippen LogP contribution in [0.3, 0.4) is 0 Å². The van der Waals surface area contributed by atoms with Crippen LogP contribution in [0, 0.1) is 0 Å². The summed E-state index contributed by atoms with van der Waals surface area (Å²) in [7, 11) is 0. The summed E-state index contributed by atoms with van der Waals surface area (Å²) in [6.07, 6.45) is 5.33. The average Bonchev–Trinajstić information content (AvgIpc) is 2.10. The number of rotatable bonds is 8. The molecular weight excluding hydrogens is 168 g/mol. The SMILES string of the molecule is C=CCCCCCO[C@H](C)C(=O)O. The molecule has 13 heavy (non-hydrogen) atoms. The molecule has 0 amide bonds. The Kier molecular flexibility index (Phi) is 7.30. The quantitative estimate of drug-likeness (QED) is 0.467. The number of aliphatic carboxylic acids is 1. The van der Waals surface area contributed by atoms with Gasteiger partial charge in [-0.2, -0.15) is 0 Å². The van der Waals surface area contributed by atoms with Crippen molar-refractivity contribution in [2.45, 2.75) is 38.7 Å². The van der Waals surface area contributed by atoms with Gasteiger partial charge in [0.05, 0.1) is 0 Å². The predicted octanol–water partition coefficient (Wildman–Crippen LogP) is 2.22. The molecule has 1 atom stereocenters. The van der Waals surface area contributed by atoms with E-state index in [0.29, 0.717) is 6.61 Å². The first-order valence-corrected chi connectivity index (χ1v) is 4.63. The molecule has 0 fully saturated rings. The maximum Gasteiger partial charge on any atom is 0.332 e. The van der Waals surface area contributed by atoms with E-state index in [1.54, 1.807) is 6.92 Å². The van der Waals surface area contributed by atoms with Crippen LogP contribution in [0.25, 0.3) is 0 Å². The van der Waals surface area contributed by atoms with E-state index < -0.39 is 12.1 Å². The molecule has 0 bridgehead atoms. The van der Waals surface area contributed by atoms with E-state index in [4.69, 9.17) is 9.84 Å². The van der Waals surface area contributed by atoms with E-state index >= 15 is 0 Å². The summed E-state index contributed by atoms with van der Waals surface area (Å²) in [4.78, 5) is 10.3. The summed E-state index contributed by atoms with van der Waals surface area (Å²) < 4.78 is 5.06. The monoisotopic (exact) mass is 186 g/mol. The Hall–Kier alpha value is -0.830. The van der Waals surface area contributed by atoms with Gasteiger partial charge < -0.3 is 9.84 Å². The zero-order valence-corrected chi connectivity index (χ0v) is 8.16. The van der Waals surface area contributed by atoms with Crippen molar-refractivity contribution in [1.82, 2.24) is 0 Å². The highest BCUT2D eigenvalue weighted by Crippen LogP contribution is 2.01. The summed E-state index contributed by atoms with van der Waals surface area (Å²) in [5.41, 5.74) is 0. The average molecular weight is 186 g/mol. The van der Waals surface area contributed by atoms with Crippen molar-refractivity contribution in [1.29, 1.82) is 0 Å². The van der Waals surface area contributed by atoms with E-state index in [9.17, 15) is 4.79 Å². The first-order chi connectivity index (χ1) is 6.18. The second-order valence-corrected chi connectivity index (χ2v) is 2.99. The molecule has 0 aromatic carbocycles. The van der Waals surface area contributed by atoms with E-state index in [1.807, 2.05) is 6.08 Å². The number of carboxylic acids is 1. The molecule has 0 heterocycles. The van der Waals surface area contributed by atoms with Gasteiger partial charge in [0.25, 0.3) is 0 Å². The van der Waals surface area contributed by atoms with Gasteiger partial charge in [-0.1, -0.05) is 12.5 Å². The lowest BCUT2D eigenvalue weighted by molar-refractivity contribution is -0.149. The van der Waals surface area contributed by atoms with Crippen LogP contribution in [-0.2, 0) is 9.53 Å². The number of ether oxygens (including phenoxy) is 1. The fourth-order valence-corrected chi connectivity index (χ4v) is 0.899. The van der Waals surface area contributed by atoms with Gasteiger partial charge in [0, 0.05) is 6.61 Å². The fourth-order valence-electron chi connectivity index (χ4n) is 0.899. The molecule has 0 aromatic rings. The zero-order valence-electron chi connectivity index (χ0n) is 8.16. The Balaban J connectivity index is 3.15. The van der Waals surface area contributed by atoms with E-state index in [0.717, 1.165) is 25.7 Å². The van der Waals surface area contributed by atoms with Crippen molar-refractivity contribution in [3.05, 3.63) is 12.7 Å². The Morgan fingerprint density at radius 1 is 1.54 bits per heavy atom. The maximum atomic E-state index is 10.3. The van der Waals surface area contributed by atoms with Crippen LogP contribution in [0.4, 0.5) is 0 Å². The third-order valence-corrected chi connectivity index (χ3v) is 1.77. The fraction of sp³-hybridized carbons (Fsp3) is 0.700. The Bertz CT molecular complexity index is 154. The molecule has 0 aromatic heterocycles. The first-order valence-electron chi connectivity index (χ1n) is 4.63. The van der Waals surface area contributed by atoms with Crippen LogP contribution < -0.4 is 0 Å². The van der Waals surface area contributed by atoms with Crippen molar-refractivity contribution < 1.29 is 14.6 Å². The van der Waals surface area contributed by atoms with Crippen LogP contribution in [-0.4, -0.2) is 23.8 Å². The number of carbonyl (C=O) groups is 1. The third kappa shape index (κ3) is 7.53. The molecule has 0 aliphatic carbocycles. The first kappa shape index (κ1) is 12.2. The minimum atomic E-state index is -0.897. The highest BCUT2D eigenvalue weighted by atomic mass is 16.5. The van der Waals surface area contributed by atoms with Gasteiger partial charge >= 0.3 is 5.97 Å². The van der Waals surface area contributed by atoms with E-state index in [2.05, 4.69) is 6.58 Å². The van der Waals surface area contributed by atoms with Crippen LogP contribution in [0.1, 0.15) is 32.6 Å². The van der Waals surface area contributed by atoms with Crippen molar-refractivity contribution in [3.8, 4) is 0 Å². The number of hydrogen-bond donors (Lipinski definition) is 1. The van der Waals surface area contributed by atoms with Crippen LogP contribution in [0.2, 0.25) is 0 Å². The summed E-state index contributed by atoms with van der Waals surface area (Å²) >= 11 is 0. The maximum absolute atomic E-state index is 10.3. The smallest absolute Gasteiger partial charge is 0.332 e. The molecule has 0 saturated carbocycles. The lowest BCUT2D eigenvalue weighted by Gasteiger charge is -2.07. The van der Waals surface area contributed by atoms with Crippen molar-refractivity contribution in [2.24, 2.45) is 0 Å². The standard InChI is InChI=1S/C10H18O3/c1-3-4-5-6-7-8-13-9(2)10(11)12/h3,9H,1,4-8H2,2H3,(H,11,12)/t9-/m1/s1. The topological polar surface area (TPSA) is 46.5 Å².